The zero-order valence-electron chi connectivity index (χ0n) is 10.6. The molecule has 0 bridgehead atoms. The maximum atomic E-state index is 12.4. The van der Waals surface area contributed by atoms with Crippen LogP contribution >= 0.6 is 11.6 Å². The van der Waals surface area contributed by atoms with Gasteiger partial charge in [-0.15, -0.1) is 0 Å². The lowest BCUT2D eigenvalue weighted by Gasteiger charge is -2.20. The summed E-state index contributed by atoms with van der Waals surface area (Å²) >= 11 is 5.82. The van der Waals surface area contributed by atoms with Crippen LogP contribution in [0.15, 0.2) is 17.2 Å². The third kappa shape index (κ3) is 3.98. The number of aliphatic hydroxyl groups is 1. The van der Waals surface area contributed by atoms with E-state index in [1.165, 1.54) is 0 Å². The molecular formula is C10H14ClF2N3O3S. The molecule has 0 amide bonds. The molecule has 6 nitrogen and oxygen atoms in total. The molecule has 0 radical (unpaired) electrons. The Morgan fingerprint density at radius 2 is 2.20 bits per heavy atom. The first-order valence-electron chi connectivity index (χ1n) is 5.55. The minimum atomic E-state index is -4.19. The summed E-state index contributed by atoms with van der Waals surface area (Å²) in [7, 11) is -2.63. The Bertz CT molecular complexity index is 557. The minimum absolute atomic E-state index is 0.0505. The van der Waals surface area contributed by atoms with Crippen LogP contribution in [0.2, 0.25) is 5.02 Å². The zero-order chi connectivity index (χ0) is 15.3. The molecule has 114 valence electrons. The zero-order valence-corrected chi connectivity index (χ0v) is 12.1. The Labute approximate surface area is 120 Å². The number of sulfonamides is 1. The van der Waals surface area contributed by atoms with Crippen molar-refractivity contribution in [3.8, 4) is 0 Å². The number of alkyl halides is 2. The van der Waals surface area contributed by atoms with E-state index in [1.54, 1.807) is 7.05 Å². The van der Waals surface area contributed by atoms with Crippen molar-refractivity contribution < 1.29 is 22.3 Å². The average molecular weight is 330 g/mol. The SMILES string of the molecule is CNc1ncc(S(=O)(=O)N(CCO)CC(F)F)cc1Cl. The standard InChI is InChI=1S/C10H14ClF2N3O3S/c1-14-10-8(11)4-7(5-15-10)20(18,19)16(2-3-17)6-9(12)13/h4-5,9,17H,2-3,6H2,1H3,(H,14,15). The van der Waals surface area contributed by atoms with E-state index in [0.717, 1.165) is 12.3 Å². The number of rotatable bonds is 7. The number of aliphatic hydroxyl groups excluding tert-OH is 1. The van der Waals surface area contributed by atoms with E-state index in [2.05, 4.69) is 10.3 Å². The topological polar surface area (TPSA) is 82.5 Å². The molecule has 0 aliphatic heterocycles. The molecule has 0 unspecified atom stereocenters. The summed E-state index contributed by atoms with van der Waals surface area (Å²) in [4.78, 5) is 3.48. The number of hydrogen-bond acceptors (Lipinski definition) is 5. The van der Waals surface area contributed by atoms with E-state index < -0.39 is 36.1 Å². The van der Waals surface area contributed by atoms with Gasteiger partial charge in [-0.2, -0.15) is 4.31 Å². The van der Waals surface area contributed by atoms with E-state index in [-0.39, 0.29) is 15.7 Å². The molecule has 1 rings (SSSR count). The third-order valence-electron chi connectivity index (χ3n) is 2.38. The second-order valence-electron chi connectivity index (χ2n) is 3.73. The number of pyridine rings is 1. The second-order valence-corrected chi connectivity index (χ2v) is 6.07. The van der Waals surface area contributed by atoms with Crippen LogP contribution in [0, 0.1) is 0 Å². The van der Waals surface area contributed by atoms with Crippen LogP contribution in [0.4, 0.5) is 14.6 Å². The van der Waals surface area contributed by atoms with Crippen molar-refractivity contribution in [1.82, 2.24) is 9.29 Å². The van der Waals surface area contributed by atoms with Crippen LogP contribution in [-0.4, -0.2) is 56.0 Å². The lowest BCUT2D eigenvalue weighted by atomic mass is 10.4. The number of halogens is 3. The lowest BCUT2D eigenvalue weighted by molar-refractivity contribution is 0.113. The monoisotopic (exact) mass is 329 g/mol. The van der Waals surface area contributed by atoms with E-state index in [9.17, 15) is 17.2 Å². The van der Waals surface area contributed by atoms with Gasteiger partial charge < -0.3 is 10.4 Å². The maximum Gasteiger partial charge on any atom is 0.252 e. The Morgan fingerprint density at radius 1 is 1.55 bits per heavy atom. The molecule has 2 N–H and O–H groups in total. The number of anilines is 1. The first kappa shape index (κ1) is 17.0. The van der Waals surface area contributed by atoms with Gasteiger partial charge in [-0.1, -0.05) is 11.6 Å². The molecule has 1 aromatic heterocycles. The summed E-state index contributed by atoms with van der Waals surface area (Å²) in [6.07, 6.45) is -1.83. The highest BCUT2D eigenvalue weighted by Gasteiger charge is 2.27. The maximum absolute atomic E-state index is 12.4. The Balaban J connectivity index is 3.15. The van der Waals surface area contributed by atoms with Gasteiger partial charge >= 0.3 is 0 Å². The van der Waals surface area contributed by atoms with Gasteiger partial charge in [-0.3, -0.25) is 0 Å². The summed E-state index contributed by atoms with van der Waals surface area (Å²) in [6.45, 7) is -2.01. The number of hydrogen-bond donors (Lipinski definition) is 2. The molecule has 0 aromatic carbocycles. The van der Waals surface area contributed by atoms with E-state index >= 15 is 0 Å². The fraction of sp³-hybridized carbons (Fsp3) is 0.500. The van der Waals surface area contributed by atoms with Crippen LogP contribution in [0.1, 0.15) is 0 Å². The first-order chi connectivity index (χ1) is 9.32. The molecular weight excluding hydrogens is 316 g/mol. The molecule has 0 aliphatic carbocycles. The van der Waals surface area contributed by atoms with Crippen LogP contribution < -0.4 is 5.32 Å². The van der Waals surface area contributed by atoms with Crippen LogP contribution in [0.5, 0.6) is 0 Å². The molecule has 0 atom stereocenters. The summed E-state index contributed by atoms with van der Waals surface area (Å²) < 4.78 is 49.7. The smallest absolute Gasteiger partial charge is 0.252 e. The van der Waals surface area contributed by atoms with Crippen molar-refractivity contribution in [2.75, 3.05) is 32.1 Å². The number of nitrogens with zero attached hydrogens (tertiary/aromatic N) is 2. The summed E-state index contributed by atoms with van der Waals surface area (Å²) in [5.74, 6) is 0.271. The molecule has 0 saturated heterocycles. The van der Waals surface area contributed by atoms with Crippen LogP contribution in [0.3, 0.4) is 0 Å². The molecule has 20 heavy (non-hydrogen) atoms. The highest BCUT2D eigenvalue weighted by molar-refractivity contribution is 7.89. The van der Waals surface area contributed by atoms with Crippen LogP contribution in [0.25, 0.3) is 0 Å². The van der Waals surface area contributed by atoms with Gasteiger partial charge in [0.2, 0.25) is 10.0 Å². The highest BCUT2D eigenvalue weighted by Crippen LogP contribution is 2.24. The Hall–Kier alpha value is -1.03. The van der Waals surface area contributed by atoms with Gasteiger partial charge in [0.25, 0.3) is 6.43 Å². The third-order valence-corrected chi connectivity index (χ3v) is 4.50. The summed E-state index contributed by atoms with van der Waals surface area (Å²) in [5, 5.41) is 11.5. The van der Waals surface area contributed by atoms with Gasteiger partial charge in [-0.25, -0.2) is 22.2 Å². The van der Waals surface area contributed by atoms with Crippen LogP contribution in [-0.2, 0) is 10.0 Å². The fourth-order valence-corrected chi connectivity index (χ4v) is 3.18. The van der Waals surface area contributed by atoms with Gasteiger partial charge in [0.15, 0.2) is 0 Å². The molecule has 0 spiro atoms. The van der Waals surface area contributed by atoms with Crippen molar-refractivity contribution in [2.24, 2.45) is 0 Å². The highest BCUT2D eigenvalue weighted by atomic mass is 35.5. The predicted octanol–water partition coefficient (Wildman–Crippen LogP) is 1.02. The molecule has 10 heteroatoms. The van der Waals surface area contributed by atoms with Gasteiger partial charge in [-0.05, 0) is 6.07 Å². The lowest BCUT2D eigenvalue weighted by Crippen LogP contribution is -2.37. The second kappa shape index (κ2) is 7.11. The Kier molecular flexibility index (Phi) is 6.06. The van der Waals surface area contributed by atoms with Gasteiger partial charge in [0.05, 0.1) is 18.2 Å². The fourth-order valence-electron chi connectivity index (χ4n) is 1.47. The number of aromatic nitrogens is 1. The van der Waals surface area contributed by atoms with Gasteiger partial charge in [0, 0.05) is 19.8 Å². The van der Waals surface area contributed by atoms with Crippen molar-refractivity contribution in [2.45, 2.75) is 11.3 Å². The van der Waals surface area contributed by atoms with E-state index in [1.807, 2.05) is 0 Å². The normalized spacial score (nSPS) is 12.2. The predicted molar refractivity (Wildman–Crippen MR) is 70.6 cm³/mol. The van der Waals surface area contributed by atoms with E-state index in [0.29, 0.717) is 4.31 Å². The molecule has 1 heterocycles. The van der Waals surface area contributed by atoms with Crippen molar-refractivity contribution >= 4 is 27.4 Å². The van der Waals surface area contributed by atoms with Crippen molar-refractivity contribution in [1.29, 1.82) is 0 Å². The van der Waals surface area contributed by atoms with E-state index in [4.69, 9.17) is 16.7 Å². The Morgan fingerprint density at radius 3 is 2.65 bits per heavy atom. The minimum Gasteiger partial charge on any atom is -0.395 e. The quantitative estimate of drug-likeness (QED) is 0.780. The average Bonchev–Trinajstić information content (AvgIpc) is 2.37. The molecule has 1 aromatic rings. The molecule has 0 aliphatic rings. The van der Waals surface area contributed by atoms with Crippen molar-refractivity contribution in [3.63, 3.8) is 0 Å². The van der Waals surface area contributed by atoms with Crippen molar-refractivity contribution in [3.05, 3.63) is 17.3 Å². The molecule has 0 fully saturated rings. The first-order valence-corrected chi connectivity index (χ1v) is 7.37. The number of nitrogens with one attached hydrogen (secondary N) is 1. The molecule has 0 saturated carbocycles. The largest absolute Gasteiger partial charge is 0.395 e. The summed E-state index contributed by atoms with van der Waals surface area (Å²) in [5.41, 5.74) is 0. The van der Waals surface area contributed by atoms with Gasteiger partial charge in [0.1, 0.15) is 10.7 Å². The summed E-state index contributed by atoms with van der Waals surface area (Å²) in [6, 6.07) is 1.12.